The molecule has 0 radical (unpaired) electrons. The fourth-order valence-electron chi connectivity index (χ4n) is 2.13. The van der Waals surface area contributed by atoms with Crippen molar-refractivity contribution >= 4 is 29.2 Å². The highest BCUT2D eigenvalue weighted by molar-refractivity contribution is 7.71. The zero-order chi connectivity index (χ0) is 15.1. The number of amides is 1. The fraction of sp³-hybridized carbons (Fsp3) is 0.333. The number of rotatable bonds is 3. The number of H-pyrrole nitrogens is 1. The Balaban J connectivity index is 2.56. The number of hydrogen-bond donors (Lipinski definition) is 2. The number of aromatic nitrogens is 2. The van der Waals surface area contributed by atoms with Gasteiger partial charge in [-0.3, -0.25) is 4.79 Å². The van der Waals surface area contributed by atoms with E-state index in [2.05, 4.69) is 4.98 Å². The number of nitrogens with zero attached hydrogens (tertiary/aromatic N) is 1. The van der Waals surface area contributed by atoms with Crippen molar-refractivity contribution in [2.45, 2.75) is 25.6 Å². The molecule has 2 aromatic rings. The SMILES string of the molecule is CC(CC(N)=O)n1c(=S)[nH]c2cc(C(F)(F)F)ccc21. The molecule has 2 rings (SSSR count). The Labute approximate surface area is 117 Å². The molecule has 0 aliphatic rings. The third-order valence-electron chi connectivity index (χ3n) is 2.98. The Kier molecular flexibility index (Phi) is 3.59. The molecule has 0 saturated heterocycles. The number of primary amides is 1. The van der Waals surface area contributed by atoms with Crippen LogP contribution in [-0.2, 0) is 11.0 Å². The predicted octanol–water partition coefficient (Wildman–Crippen LogP) is 3.15. The van der Waals surface area contributed by atoms with Gasteiger partial charge in [0.25, 0.3) is 0 Å². The molecule has 1 aromatic heterocycles. The molecule has 0 saturated carbocycles. The molecule has 1 aromatic carbocycles. The van der Waals surface area contributed by atoms with Gasteiger partial charge < -0.3 is 15.3 Å². The lowest BCUT2D eigenvalue weighted by Gasteiger charge is -2.13. The van der Waals surface area contributed by atoms with Crippen molar-refractivity contribution in [3.05, 3.63) is 28.5 Å². The minimum atomic E-state index is -4.41. The van der Waals surface area contributed by atoms with Crippen LogP contribution >= 0.6 is 12.2 Å². The highest BCUT2D eigenvalue weighted by Gasteiger charge is 2.31. The van der Waals surface area contributed by atoms with E-state index >= 15 is 0 Å². The normalized spacial score (nSPS) is 13.6. The van der Waals surface area contributed by atoms with Crippen molar-refractivity contribution in [1.82, 2.24) is 9.55 Å². The summed E-state index contributed by atoms with van der Waals surface area (Å²) in [6.45, 7) is 1.73. The molecule has 4 nitrogen and oxygen atoms in total. The Morgan fingerprint density at radius 3 is 2.70 bits per heavy atom. The van der Waals surface area contributed by atoms with Crippen molar-refractivity contribution in [3.8, 4) is 0 Å². The number of imidazole rings is 1. The summed E-state index contributed by atoms with van der Waals surface area (Å²) < 4.78 is 39.8. The molecule has 0 bridgehead atoms. The van der Waals surface area contributed by atoms with E-state index in [1.54, 1.807) is 11.5 Å². The van der Waals surface area contributed by atoms with Gasteiger partial charge in [0.1, 0.15) is 0 Å². The molecule has 1 unspecified atom stereocenters. The summed E-state index contributed by atoms with van der Waals surface area (Å²) in [6, 6.07) is 2.99. The summed E-state index contributed by atoms with van der Waals surface area (Å²) in [5.74, 6) is -0.499. The molecule has 3 N–H and O–H groups in total. The highest BCUT2D eigenvalue weighted by atomic mass is 32.1. The molecule has 20 heavy (non-hydrogen) atoms. The Bertz CT molecular complexity index is 717. The number of nitrogens with two attached hydrogens (primary N) is 1. The highest BCUT2D eigenvalue weighted by Crippen LogP contribution is 2.32. The predicted molar refractivity (Wildman–Crippen MR) is 70.6 cm³/mol. The minimum absolute atomic E-state index is 0.0578. The Morgan fingerprint density at radius 1 is 1.50 bits per heavy atom. The van der Waals surface area contributed by atoms with E-state index in [-0.39, 0.29) is 22.8 Å². The van der Waals surface area contributed by atoms with Crippen LogP contribution in [0.15, 0.2) is 18.2 Å². The summed E-state index contributed by atoms with van der Waals surface area (Å²) in [7, 11) is 0. The lowest BCUT2D eigenvalue weighted by molar-refractivity contribution is -0.137. The molecule has 1 atom stereocenters. The average Bonchev–Trinajstić information content (AvgIpc) is 2.61. The maximum atomic E-state index is 12.6. The number of carbonyl (C=O) groups excluding carboxylic acids is 1. The van der Waals surface area contributed by atoms with E-state index < -0.39 is 17.6 Å². The second-order valence-electron chi connectivity index (χ2n) is 4.55. The van der Waals surface area contributed by atoms with E-state index in [1.165, 1.54) is 6.07 Å². The third kappa shape index (κ3) is 2.69. The first-order chi connectivity index (χ1) is 9.20. The van der Waals surface area contributed by atoms with Gasteiger partial charge in [-0.1, -0.05) is 0 Å². The zero-order valence-electron chi connectivity index (χ0n) is 10.5. The van der Waals surface area contributed by atoms with Gasteiger partial charge in [0.15, 0.2) is 4.77 Å². The molecule has 0 fully saturated rings. The summed E-state index contributed by atoms with van der Waals surface area (Å²) >= 11 is 5.09. The third-order valence-corrected chi connectivity index (χ3v) is 3.28. The van der Waals surface area contributed by atoms with E-state index in [0.29, 0.717) is 5.52 Å². The van der Waals surface area contributed by atoms with Crippen molar-refractivity contribution in [3.63, 3.8) is 0 Å². The molecular formula is C12H12F3N3OS. The monoisotopic (exact) mass is 303 g/mol. The van der Waals surface area contributed by atoms with Crippen LogP contribution in [0.1, 0.15) is 24.9 Å². The fourth-order valence-corrected chi connectivity index (χ4v) is 2.52. The van der Waals surface area contributed by atoms with Crippen LogP contribution in [0.5, 0.6) is 0 Å². The molecule has 0 aliphatic heterocycles. The second-order valence-corrected chi connectivity index (χ2v) is 4.94. The first kappa shape index (κ1) is 14.6. The van der Waals surface area contributed by atoms with Crippen molar-refractivity contribution < 1.29 is 18.0 Å². The minimum Gasteiger partial charge on any atom is -0.370 e. The van der Waals surface area contributed by atoms with Crippen molar-refractivity contribution in [2.24, 2.45) is 5.73 Å². The second kappa shape index (κ2) is 4.93. The van der Waals surface area contributed by atoms with E-state index in [9.17, 15) is 18.0 Å². The van der Waals surface area contributed by atoms with Gasteiger partial charge in [-0.15, -0.1) is 0 Å². The quantitative estimate of drug-likeness (QED) is 0.856. The van der Waals surface area contributed by atoms with Crippen LogP contribution in [0.4, 0.5) is 13.2 Å². The molecule has 0 spiro atoms. The first-order valence-electron chi connectivity index (χ1n) is 5.80. The number of fused-ring (bicyclic) bond motifs is 1. The number of benzene rings is 1. The lowest BCUT2D eigenvalue weighted by atomic mass is 10.1. The standard InChI is InChI=1S/C12H12F3N3OS/c1-6(4-10(16)19)18-9-3-2-7(12(13,14)15)5-8(9)17-11(18)20/h2-3,5-6H,4H2,1H3,(H2,16,19)(H,17,20). The lowest BCUT2D eigenvalue weighted by Crippen LogP contribution is -2.17. The summed E-state index contributed by atoms with van der Waals surface area (Å²) in [4.78, 5) is 13.7. The Hall–Kier alpha value is -1.83. The van der Waals surface area contributed by atoms with Crippen molar-refractivity contribution in [1.29, 1.82) is 0 Å². The van der Waals surface area contributed by atoms with Crippen LogP contribution in [-0.4, -0.2) is 15.5 Å². The molecule has 108 valence electrons. The first-order valence-corrected chi connectivity index (χ1v) is 6.20. The number of halogens is 3. The smallest absolute Gasteiger partial charge is 0.370 e. The number of alkyl halides is 3. The van der Waals surface area contributed by atoms with Crippen LogP contribution < -0.4 is 5.73 Å². The van der Waals surface area contributed by atoms with Gasteiger partial charge in [-0.25, -0.2) is 0 Å². The van der Waals surface area contributed by atoms with Crippen molar-refractivity contribution in [2.75, 3.05) is 0 Å². The zero-order valence-corrected chi connectivity index (χ0v) is 11.3. The summed E-state index contributed by atoms with van der Waals surface area (Å²) in [6.07, 6.45) is -4.35. The van der Waals surface area contributed by atoms with E-state index in [4.69, 9.17) is 18.0 Å². The van der Waals surface area contributed by atoms with E-state index in [0.717, 1.165) is 12.1 Å². The van der Waals surface area contributed by atoms with E-state index in [1.807, 2.05) is 0 Å². The number of hydrogen-bond acceptors (Lipinski definition) is 2. The molecule has 1 heterocycles. The number of carbonyl (C=O) groups is 1. The van der Waals surface area contributed by atoms with Crippen LogP contribution in [0.25, 0.3) is 11.0 Å². The van der Waals surface area contributed by atoms with Gasteiger partial charge >= 0.3 is 6.18 Å². The summed E-state index contributed by atoms with van der Waals surface area (Å²) in [5.41, 5.74) is 5.17. The van der Waals surface area contributed by atoms with Gasteiger partial charge in [-0.05, 0) is 37.3 Å². The molecular weight excluding hydrogens is 291 g/mol. The molecule has 8 heteroatoms. The molecule has 1 amide bonds. The number of aromatic amines is 1. The van der Waals surface area contributed by atoms with Gasteiger partial charge in [0.2, 0.25) is 5.91 Å². The summed E-state index contributed by atoms with van der Waals surface area (Å²) in [5, 5.41) is 0. The van der Waals surface area contributed by atoms with Gasteiger partial charge in [-0.2, -0.15) is 13.2 Å². The number of nitrogens with one attached hydrogen (secondary N) is 1. The largest absolute Gasteiger partial charge is 0.416 e. The topological polar surface area (TPSA) is 63.8 Å². The maximum Gasteiger partial charge on any atom is 0.416 e. The Morgan fingerprint density at radius 2 is 2.15 bits per heavy atom. The van der Waals surface area contributed by atoms with Gasteiger partial charge in [0.05, 0.1) is 16.6 Å². The van der Waals surface area contributed by atoms with Gasteiger partial charge in [0, 0.05) is 12.5 Å². The van der Waals surface area contributed by atoms with Crippen LogP contribution in [0.2, 0.25) is 0 Å². The average molecular weight is 303 g/mol. The maximum absolute atomic E-state index is 12.6. The molecule has 0 aliphatic carbocycles. The van der Waals surface area contributed by atoms with Crippen LogP contribution in [0.3, 0.4) is 0 Å². The van der Waals surface area contributed by atoms with Crippen LogP contribution in [0, 0.1) is 4.77 Å².